The van der Waals surface area contributed by atoms with E-state index in [1.807, 2.05) is 12.1 Å². The molecule has 0 heterocycles. The van der Waals surface area contributed by atoms with Crippen molar-refractivity contribution < 1.29 is 40.6 Å². The maximum absolute atomic E-state index is 14.5. The van der Waals surface area contributed by atoms with Gasteiger partial charge < -0.3 is 9.47 Å². The molecule has 0 saturated heterocycles. The van der Waals surface area contributed by atoms with Crippen molar-refractivity contribution in [3.63, 3.8) is 0 Å². The predicted molar refractivity (Wildman–Crippen MR) is 156 cm³/mol. The Morgan fingerprint density at radius 2 is 0.909 bits per heavy atom. The highest BCUT2D eigenvalue weighted by Gasteiger charge is 2.72. The summed E-state index contributed by atoms with van der Waals surface area (Å²) in [7, 11) is 0. The lowest BCUT2D eigenvalue weighted by Crippen LogP contribution is -2.54. The molecule has 0 radical (unpaired) electrons. The van der Waals surface area contributed by atoms with E-state index in [0.29, 0.717) is 11.1 Å². The van der Waals surface area contributed by atoms with Crippen molar-refractivity contribution in [2.75, 3.05) is 0 Å². The molecule has 0 unspecified atom stereocenters. The number of alkyl halides is 6. The van der Waals surface area contributed by atoms with E-state index in [2.05, 4.69) is 27.4 Å². The number of benzene rings is 4. The van der Waals surface area contributed by atoms with E-state index < -0.39 is 28.9 Å². The molecule has 0 atom stereocenters. The number of carbonyl (C=O) groups is 1. The lowest BCUT2D eigenvalue weighted by Gasteiger charge is -2.38. The third-order valence-corrected chi connectivity index (χ3v) is 7.08. The largest absolute Gasteiger partial charge is 0.463 e. The van der Waals surface area contributed by atoms with Crippen LogP contribution in [0.15, 0.2) is 109 Å². The molecule has 3 nitrogen and oxygen atoms in total. The van der Waals surface area contributed by atoms with Crippen molar-refractivity contribution in [1.82, 2.24) is 0 Å². The van der Waals surface area contributed by atoms with Gasteiger partial charge in [-0.25, -0.2) is 0 Å². The summed E-state index contributed by atoms with van der Waals surface area (Å²) in [6, 6.07) is 20.5. The lowest BCUT2D eigenvalue weighted by molar-refractivity contribution is -0.288. The van der Waals surface area contributed by atoms with Crippen LogP contribution in [0.5, 0.6) is 17.2 Å². The molecule has 4 aromatic carbocycles. The Bertz CT molecular complexity index is 1600. The van der Waals surface area contributed by atoms with E-state index in [4.69, 9.17) is 9.47 Å². The Balaban J connectivity index is 1.59. The lowest BCUT2D eigenvalue weighted by atomic mass is 9.73. The molecule has 0 saturated carbocycles. The highest BCUT2D eigenvalue weighted by atomic mass is 19.4. The monoisotopic (exact) mass is 612 g/mol. The third-order valence-electron chi connectivity index (χ3n) is 7.08. The second-order valence-electron chi connectivity index (χ2n) is 11.4. The minimum absolute atomic E-state index is 0.00838. The molecule has 9 heteroatoms. The Morgan fingerprint density at radius 1 is 0.568 bits per heavy atom. The Hall–Kier alpha value is -4.53. The number of rotatable bonds is 8. The van der Waals surface area contributed by atoms with Gasteiger partial charge >= 0.3 is 12.4 Å². The van der Waals surface area contributed by atoms with Gasteiger partial charge in [-0.1, -0.05) is 75.9 Å². The highest BCUT2D eigenvalue weighted by Crippen LogP contribution is 2.56. The predicted octanol–water partition coefficient (Wildman–Crippen LogP) is 10.3. The molecular weight excluding hydrogens is 582 g/mol. The van der Waals surface area contributed by atoms with Crippen LogP contribution in [-0.2, 0) is 10.8 Å². The van der Waals surface area contributed by atoms with Gasteiger partial charge in [-0.05, 0) is 77.6 Å². The summed E-state index contributed by atoms with van der Waals surface area (Å²) < 4.78 is 97.7. The summed E-state index contributed by atoms with van der Waals surface area (Å²) >= 11 is 0. The first-order chi connectivity index (χ1) is 20.4. The molecule has 44 heavy (non-hydrogen) atoms. The number of ketones is 1. The first kappa shape index (κ1) is 32.4. The van der Waals surface area contributed by atoms with Gasteiger partial charge in [0, 0.05) is 11.1 Å². The van der Waals surface area contributed by atoms with Crippen molar-refractivity contribution >= 4 is 5.78 Å². The summed E-state index contributed by atoms with van der Waals surface area (Å²) in [5.41, 5.74) is -4.46. The van der Waals surface area contributed by atoms with Crippen molar-refractivity contribution in [1.29, 1.82) is 0 Å². The topological polar surface area (TPSA) is 35.5 Å². The van der Waals surface area contributed by atoms with E-state index in [1.165, 1.54) is 31.2 Å². The van der Waals surface area contributed by atoms with Crippen molar-refractivity contribution in [3.05, 3.63) is 137 Å². The van der Waals surface area contributed by atoms with Gasteiger partial charge in [0.1, 0.15) is 17.2 Å². The molecule has 0 aromatic heterocycles. The van der Waals surface area contributed by atoms with Crippen LogP contribution in [0.3, 0.4) is 0 Å². The van der Waals surface area contributed by atoms with Crippen LogP contribution in [-0.4, -0.2) is 18.1 Å². The fourth-order valence-corrected chi connectivity index (χ4v) is 4.83. The molecular formula is C35H30F6O3. The van der Waals surface area contributed by atoms with Gasteiger partial charge in [0.25, 0.3) is 0 Å². The van der Waals surface area contributed by atoms with Gasteiger partial charge in [-0.3, -0.25) is 4.79 Å². The fraction of sp³-hybridized carbons (Fsp3) is 0.229. The Labute approximate surface area is 251 Å². The number of ether oxygens (including phenoxy) is 2. The van der Waals surface area contributed by atoms with Gasteiger partial charge in [-0.15, -0.1) is 0 Å². The minimum atomic E-state index is -5.74. The van der Waals surface area contributed by atoms with Crippen LogP contribution in [0, 0.1) is 0 Å². The molecule has 230 valence electrons. The molecule has 0 N–H and O–H groups in total. The van der Waals surface area contributed by atoms with Crippen LogP contribution < -0.4 is 9.47 Å². The van der Waals surface area contributed by atoms with Gasteiger partial charge in [-0.2, -0.15) is 26.3 Å². The quantitative estimate of drug-likeness (QED) is 0.113. The van der Waals surface area contributed by atoms with E-state index in [9.17, 15) is 31.1 Å². The zero-order valence-electron chi connectivity index (χ0n) is 24.4. The van der Waals surface area contributed by atoms with Crippen LogP contribution in [0.2, 0.25) is 0 Å². The standard InChI is InChI=1S/C35H30F6O3/c1-22(2)43-28-18-12-26(13-19-28)33(34(36,37)38,35(39,40)41)27-14-20-30(21-15-27)44-29-16-8-24(9-17-29)31(42)23-6-10-25(11-7-23)32(3,4)5/h6-21H,1H2,2-5H3. The summed E-state index contributed by atoms with van der Waals surface area (Å²) in [6.45, 7) is 11.2. The number of hydrogen-bond acceptors (Lipinski definition) is 3. The van der Waals surface area contributed by atoms with Crippen molar-refractivity contribution in [2.24, 2.45) is 0 Å². The Kier molecular flexibility index (Phi) is 8.73. The zero-order chi connectivity index (χ0) is 32.5. The smallest absolute Gasteiger partial charge is 0.411 e. The van der Waals surface area contributed by atoms with Crippen LogP contribution in [0.4, 0.5) is 26.3 Å². The van der Waals surface area contributed by atoms with E-state index in [0.717, 1.165) is 54.1 Å². The highest BCUT2D eigenvalue weighted by molar-refractivity contribution is 6.09. The summed E-state index contributed by atoms with van der Waals surface area (Å²) in [4.78, 5) is 12.9. The molecule has 0 amide bonds. The average molecular weight is 613 g/mol. The normalized spacial score (nSPS) is 12.5. The van der Waals surface area contributed by atoms with Crippen LogP contribution in [0.1, 0.15) is 60.3 Å². The molecule has 4 rings (SSSR count). The molecule has 0 aliphatic heterocycles. The fourth-order valence-electron chi connectivity index (χ4n) is 4.83. The average Bonchev–Trinajstić information content (AvgIpc) is 2.93. The molecule has 0 spiro atoms. The summed E-state index contributed by atoms with van der Waals surface area (Å²) in [5.74, 6) is 0.307. The van der Waals surface area contributed by atoms with Crippen molar-refractivity contribution in [3.8, 4) is 17.2 Å². The van der Waals surface area contributed by atoms with Gasteiger partial charge in [0.15, 0.2) is 5.78 Å². The second-order valence-corrected chi connectivity index (χ2v) is 11.4. The SMILES string of the molecule is C=C(C)Oc1ccc(C(c2ccc(Oc3ccc(C(=O)c4ccc(C(C)(C)C)cc4)cc3)cc2)(C(F)(F)F)C(F)(F)F)cc1. The number of carbonyl (C=O) groups excluding carboxylic acids is 1. The maximum Gasteiger partial charge on any atom is 0.411 e. The minimum Gasteiger partial charge on any atom is -0.463 e. The molecule has 0 bridgehead atoms. The van der Waals surface area contributed by atoms with Crippen molar-refractivity contribution in [2.45, 2.75) is 50.9 Å². The van der Waals surface area contributed by atoms with E-state index in [1.54, 1.807) is 12.1 Å². The number of halogens is 6. The maximum atomic E-state index is 14.5. The van der Waals surface area contributed by atoms with E-state index >= 15 is 0 Å². The zero-order valence-corrected chi connectivity index (χ0v) is 24.4. The summed E-state index contributed by atoms with van der Waals surface area (Å²) in [6.07, 6.45) is -11.5. The van der Waals surface area contributed by atoms with Gasteiger partial charge in [0.05, 0.1) is 5.76 Å². The van der Waals surface area contributed by atoms with E-state index in [-0.39, 0.29) is 34.2 Å². The molecule has 0 fully saturated rings. The third kappa shape index (κ3) is 6.51. The van der Waals surface area contributed by atoms with Crippen LogP contribution in [0.25, 0.3) is 0 Å². The summed E-state index contributed by atoms with van der Waals surface area (Å²) in [5, 5.41) is 0. The van der Waals surface area contributed by atoms with Gasteiger partial charge in [0.2, 0.25) is 5.41 Å². The molecule has 0 aliphatic carbocycles. The number of allylic oxidation sites excluding steroid dienone is 1. The first-order valence-corrected chi connectivity index (χ1v) is 13.5. The van der Waals surface area contributed by atoms with Crippen LogP contribution >= 0.6 is 0 Å². The molecule has 4 aromatic rings. The second kappa shape index (κ2) is 11.9. The molecule has 0 aliphatic rings. The first-order valence-electron chi connectivity index (χ1n) is 13.5. The number of hydrogen-bond donors (Lipinski definition) is 0. The Morgan fingerprint density at radius 3 is 1.27 bits per heavy atom.